The number of ketones is 1. The number of carboxylic acids is 1. The van der Waals surface area contributed by atoms with E-state index in [-0.39, 0.29) is 17.3 Å². The first kappa shape index (κ1) is 28.9. The first-order valence-corrected chi connectivity index (χ1v) is 12.6. The van der Waals surface area contributed by atoms with Gasteiger partial charge in [-0.1, -0.05) is 98.1 Å². The van der Waals surface area contributed by atoms with Gasteiger partial charge in [0.15, 0.2) is 0 Å². The number of carboxylic acid groups (broad SMARTS) is 1. The average Bonchev–Trinajstić information content (AvgIpc) is 2.68. The van der Waals surface area contributed by atoms with Gasteiger partial charge in [-0.15, -0.1) is 0 Å². The van der Waals surface area contributed by atoms with Crippen LogP contribution >= 0.6 is 0 Å². The van der Waals surface area contributed by atoms with Gasteiger partial charge in [0, 0.05) is 12.8 Å². The third kappa shape index (κ3) is 16.7. The Hall–Kier alpha value is -1.12. The second-order valence-corrected chi connectivity index (χ2v) is 10.2. The van der Waals surface area contributed by atoms with Crippen molar-refractivity contribution in [1.82, 2.24) is 0 Å². The van der Waals surface area contributed by atoms with E-state index in [1.165, 1.54) is 32.1 Å². The van der Waals surface area contributed by atoms with Gasteiger partial charge >= 0.3 is 5.97 Å². The molecule has 0 aromatic rings. The normalized spacial score (nSPS) is 14.2. The summed E-state index contributed by atoms with van der Waals surface area (Å²) in [5, 5.41) is 9.89. The zero-order valence-electron chi connectivity index (χ0n) is 20.7. The molecule has 0 aliphatic carbocycles. The summed E-state index contributed by atoms with van der Waals surface area (Å²) >= 11 is 0. The fourth-order valence-corrected chi connectivity index (χ4v) is 4.06. The molecule has 0 heterocycles. The monoisotopic (exact) mass is 422 g/mol. The molecule has 176 valence electrons. The summed E-state index contributed by atoms with van der Waals surface area (Å²) in [7, 11) is 0. The number of carbonyl (C=O) groups excluding carboxylic acids is 1. The van der Waals surface area contributed by atoms with Crippen LogP contribution in [0.3, 0.4) is 0 Å². The van der Waals surface area contributed by atoms with Crippen LogP contribution in [0, 0.1) is 17.3 Å². The molecule has 0 spiro atoms. The van der Waals surface area contributed by atoms with Crippen molar-refractivity contribution in [3.05, 3.63) is 12.2 Å². The van der Waals surface area contributed by atoms with Gasteiger partial charge in [0.25, 0.3) is 0 Å². The number of hydrogen-bond donors (Lipinski definition) is 1. The van der Waals surface area contributed by atoms with Crippen molar-refractivity contribution in [2.45, 2.75) is 131 Å². The standard InChI is InChI=1S/C27H50O3/c1-6-8-9-10-11-13-16-19-23(25(26(29)30)22-27(3,4)5)20-17-14-12-15-18-21-24(28)7-2/h16,19,23,25H,6-15,17-18,20-22H2,1-5H3,(H,29,30)/b19-16+. The lowest BCUT2D eigenvalue weighted by molar-refractivity contribution is -0.144. The highest BCUT2D eigenvalue weighted by molar-refractivity contribution is 5.77. The highest BCUT2D eigenvalue weighted by Crippen LogP contribution is 2.33. The van der Waals surface area contributed by atoms with Gasteiger partial charge in [-0.3, -0.25) is 9.59 Å². The lowest BCUT2D eigenvalue weighted by atomic mass is 9.76. The van der Waals surface area contributed by atoms with E-state index in [0.29, 0.717) is 25.0 Å². The minimum absolute atomic E-state index is 0.0150. The molecule has 0 aromatic heterocycles. The number of carbonyl (C=O) groups is 2. The van der Waals surface area contributed by atoms with Gasteiger partial charge in [0.2, 0.25) is 0 Å². The zero-order valence-corrected chi connectivity index (χ0v) is 20.7. The summed E-state index contributed by atoms with van der Waals surface area (Å²) in [6.45, 7) is 10.6. The van der Waals surface area contributed by atoms with Crippen LogP contribution in [-0.4, -0.2) is 16.9 Å². The van der Waals surface area contributed by atoms with E-state index in [9.17, 15) is 14.7 Å². The number of hydrogen-bond acceptors (Lipinski definition) is 2. The van der Waals surface area contributed by atoms with Gasteiger partial charge in [-0.2, -0.15) is 0 Å². The van der Waals surface area contributed by atoms with E-state index in [1.54, 1.807) is 0 Å². The first-order chi connectivity index (χ1) is 14.2. The van der Waals surface area contributed by atoms with Crippen molar-refractivity contribution < 1.29 is 14.7 Å². The maximum atomic E-state index is 12.0. The molecule has 0 aliphatic heterocycles. The van der Waals surface area contributed by atoms with Crippen LogP contribution in [0.25, 0.3) is 0 Å². The zero-order chi connectivity index (χ0) is 22.8. The van der Waals surface area contributed by atoms with Crippen LogP contribution in [0.15, 0.2) is 12.2 Å². The molecule has 0 fully saturated rings. The van der Waals surface area contributed by atoms with Crippen molar-refractivity contribution in [1.29, 1.82) is 0 Å². The van der Waals surface area contributed by atoms with E-state index >= 15 is 0 Å². The third-order valence-corrected chi connectivity index (χ3v) is 5.91. The molecule has 3 heteroatoms. The average molecular weight is 423 g/mol. The minimum atomic E-state index is -0.652. The molecule has 30 heavy (non-hydrogen) atoms. The summed E-state index contributed by atoms with van der Waals surface area (Å²) in [6, 6.07) is 0. The van der Waals surface area contributed by atoms with E-state index in [4.69, 9.17) is 0 Å². The Morgan fingerprint density at radius 1 is 0.867 bits per heavy atom. The van der Waals surface area contributed by atoms with Crippen molar-refractivity contribution in [2.24, 2.45) is 17.3 Å². The molecule has 0 bridgehead atoms. The lowest BCUT2D eigenvalue weighted by Crippen LogP contribution is -2.27. The van der Waals surface area contributed by atoms with Crippen LogP contribution < -0.4 is 0 Å². The number of unbranched alkanes of at least 4 members (excludes halogenated alkanes) is 9. The molecular formula is C27H50O3. The fourth-order valence-electron chi connectivity index (χ4n) is 4.06. The maximum Gasteiger partial charge on any atom is 0.307 e. The molecule has 0 aromatic carbocycles. The molecule has 0 rings (SSSR count). The topological polar surface area (TPSA) is 54.4 Å². The molecule has 2 atom stereocenters. The van der Waals surface area contributed by atoms with Gasteiger partial charge in [0.1, 0.15) is 5.78 Å². The predicted octanol–water partition coefficient (Wildman–Crippen LogP) is 8.37. The highest BCUT2D eigenvalue weighted by Gasteiger charge is 2.30. The van der Waals surface area contributed by atoms with Gasteiger partial charge < -0.3 is 5.11 Å². The Bertz CT molecular complexity index is 473. The van der Waals surface area contributed by atoms with Gasteiger partial charge in [-0.25, -0.2) is 0 Å². The van der Waals surface area contributed by atoms with Crippen LogP contribution in [-0.2, 0) is 9.59 Å². The summed E-state index contributed by atoms with van der Waals surface area (Å²) in [5.74, 6) is -0.468. The van der Waals surface area contributed by atoms with Crippen LogP contribution in [0.2, 0.25) is 0 Å². The second kappa shape index (κ2) is 17.5. The summed E-state index contributed by atoms with van der Waals surface area (Å²) in [6.07, 6.45) is 20.3. The smallest absolute Gasteiger partial charge is 0.307 e. The fraction of sp³-hybridized carbons (Fsp3) is 0.852. The Morgan fingerprint density at radius 3 is 2.07 bits per heavy atom. The van der Waals surface area contributed by atoms with Gasteiger partial charge in [-0.05, 0) is 43.4 Å². The summed E-state index contributed by atoms with van der Waals surface area (Å²) in [5.41, 5.74) is 0.0150. The van der Waals surface area contributed by atoms with Crippen molar-refractivity contribution >= 4 is 11.8 Å². The van der Waals surface area contributed by atoms with Crippen molar-refractivity contribution in [2.75, 3.05) is 0 Å². The third-order valence-electron chi connectivity index (χ3n) is 5.91. The molecule has 3 nitrogen and oxygen atoms in total. The largest absolute Gasteiger partial charge is 0.481 e. The summed E-state index contributed by atoms with van der Waals surface area (Å²) in [4.78, 5) is 23.4. The first-order valence-electron chi connectivity index (χ1n) is 12.6. The molecule has 1 N–H and O–H groups in total. The van der Waals surface area contributed by atoms with E-state index in [1.807, 2.05) is 6.92 Å². The Labute approximate surface area is 187 Å². The Kier molecular flexibility index (Phi) is 16.9. The molecule has 0 radical (unpaired) electrons. The SMILES string of the molecule is CCCCCCC/C=C/C(CCCCCCCC(=O)CC)C(CC(C)(C)C)C(=O)O. The number of rotatable bonds is 19. The van der Waals surface area contributed by atoms with Crippen molar-refractivity contribution in [3.63, 3.8) is 0 Å². The van der Waals surface area contributed by atoms with Crippen LogP contribution in [0.5, 0.6) is 0 Å². The number of aliphatic carboxylic acids is 1. The predicted molar refractivity (Wildman–Crippen MR) is 129 cm³/mol. The van der Waals surface area contributed by atoms with Crippen LogP contribution in [0.4, 0.5) is 0 Å². The van der Waals surface area contributed by atoms with E-state index in [2.05, 4.69) is 39.8 Å². The van der Waals surface area contributed by atoms with Crippen LogP contribution in [0.1, 0.15) is 131 Å². The second-order valence-electron chi connectivity index (χ2n) is 10.2. The molecule has 2 unspecified atom stereocenters. The minimum Gasteiger partial charge on any atom is -0.481 e. The van der Waals surface area contributed by atoms with Crippen molar-refractivity contribution in [3.8, 4) is 0 Å². The number of allylic oxidation sites excluding steroid dienone is 2. The molecule has 0 saturated carbocycles. The molecule has 0 saturated heterocycles. The summed E-state index contributed by atoms with van der Waals surface area (Å²) < 4.78 is 0. The van der Waals surface area contributed by atoms with E-state index < -0.39 is 5.97 Å². The highest BCUT2D eigenvalue weighted by atomic mass is 16.4. The van der Waals surface area contributed by atoms with E-state index in [0.717, 1.165) is 44.9 Å². The Morgan fingerprint density at radius 2 is 1.47 bits per heavy atom. The maximum absolute atomic E-state index is 12.0. The lowest BCUT2D eigenvalue weighted by Gasteiger charge is -2.28. The molecular weight excluding hydrogens is 372 g/mol. The number of Topliss-reactive ketones (excluding diaryl/α,β-unsaturated/α-hetero) is 1. The van der Waals surface area contributed by atoms with Gasteiger partial charge in [0.05, 0.1) is 5.92 Å². The Balaban J connectivity index is 4.58. The quantitative estimate of drug-likeness (QED) is 0.168. The molecule has 0 aliphatic rings. The molecule has 0 amide bonds.